The molecule has 162 valence electrons. The van der Waals surface area contributed by atoms with Crippen LogP contribution in [0.2, 0.25) is 0 Å². The number of likely N-dealkylation sites (N-methyl/N-ethyl adjacent to an activating group) is 2. The summed E-state index contributed by atoms with van der Waals surface area (Å²) in [5.74, 6) is 0.999. The second-order valence-corrected chi connectivity index (χ2v) is 8.30. The van der Waals surface area contributed by atoms with Crippen LogP contribution in [-0.2, 0) is 16.1 Å². The van der Waals surface area contributed by atoms with Gasteiger partial charge in [-0.25, -0.2) is 4.98 Å². The van der Waals surface area contributed by atoms with Crippen molar-refractivity contribution in [2.75, 3.05) is 39.6 Å². The predicted octanol–water partition coefficient (Wildman–Crippen LogP) is 3.53. The Kier molecular flexibility index (Phi) is 7.59. The molecule has 8 heteroatoms. The van der Waals surface area contributed by atoms with Gasteiger partial charge < -0.3 is 15.0 Å². The molecule has 0 radical (unpaired) electrons. The van der Waals surface area contributed by atoms with Crippen LogP contribution >= 0.6 is 15.9 Å². The minimum Gasteiger partial charge on any atom is -0.497 e. The van der Waals surface area contributed by atoms with Crippen LogP contribution in [0.25, 0.3) is 10.8 Å². The second kappa shape index (κ2) is 10.4. The Bertz CT molecular complexity index is 1070. The minimum atomic E-state index is -0.224. The number of aromatic nitrogens is 1. The topological polar surface area (TPSA) is 74.8 Å². The third-order valence-corrected chi connectivity index (χ3v) is 5.24. The molecule has 0 atom stereocenters. The third-order valence-electron chi connectivity index (χ3n) is 4.77. The number of carbonyl (C=O) groups is 2. The van der Waals surface area contributed by atoms with Gasteiger partial charge in [-0.05, 0) is 69.6 Å². The number of halogens is 1. The van der Waals surface area contributed by atoms with Crippen LogP contribution in [0, 0.1) is 0 Å². The highest BCUT2D eigenvalue weighted by molar-refractivity contribution is 9.10. The molecule has 31 heavy (non-hydrogen) atoms. The number of pyridine rings is 1. The van der Waals surface area contributed by atoms with Crippen molar-refractivity contribution in [3.63, 3.8) is 0 Å². The molecule has 1 aromatic heterocycles. The van der Waals surface area contributed by atoms with Crippen LogP contribution in [0.3, 0.4) is 0 Å². The van der Waals surface area contributed by atoms with E-state index in [4.69, 9.17) is 4.74 Å². The van der Waals surface area contributed by atoms with Gasteiger partial charge in [0, 0.05) is 24.3 Å². The summed E-state index contributed by atoms with van der Waals surface area (Å²) in [7, 11) is 5.15. The van der Waals surface area contributed by atoms with E-state index in [0.29, 0.717) is 12.4 Å². The molecular weight excluding hydrogens is 460 g/mol. The van der Waals surface area contributed by atoms with Crippen molar-refractivity contribution >= 4 is 44.3 Å². The zero-order valence-electron chi connectivity index (χ0n) is 17.8. The molecule has 2 amide bonds. The Morgan fingerprint density at radius 2 is 1.77 bits per heavy atom. The van der Waals surface area contributed by atoms with Gasteiger partial charge in [-0.1, -0.05) is 18.2 Å². The molecule has 0 spiro atoms. The number of methoxy groups -OCH3 is 1. The highest BCUT2D eigenvalue weighted by Crippen LogP contribution is 2.22. The van der Waals surface area contributed by atoms with Gasteiger partial charge in [0.15, 0.2) is 0 Å². The number of hydrogen-bond donors (Lipinski definition) is 1. The summed E-state index contributed by atoms with van der Waals surface area (Å²) in [5.41, 5.74) is 1.04. The molecular formula is C23H25BrN4O3. The van der Waals surface area contributed by atoms with E-state index in [9.17, 15) is 9.59 Å². The minimum absolute atomic E-state index is 0.0631. The lowest BCUT2D eigenvalue weighted by molar-refractivity contribution is -0.131. The Morgan fingerprint density at radius 3 is 2.48 bits per heavy atom. The fraction of sp³-hybridized carbons (Fsp3) is 0.261. The lowest BCUT2D eigenvalue weighted by Gasteiger charge is -2.22. The number of rotatable bonds is 8. The molecule has 0 saturated carbocycles. The average Bonchev–Trinajstić information content (AvgIpc) is 2.74. The molecule has 0 unspecified atom stereocenters. The van der Waals surface area contributed by atoms with E-state index in [1.807, 2.05) is 30.3 Å². The Balaban J connectivity index is 1.51. The van der Waals surface area contributed by atoms with E-state index in [-0.39, 0.29) is 24.9 Å². The van der Waals surface area contributed by atoms with Crippen LogP contribution in [0.1, 0.15) is 5.56 Å². The normalized spacial score (nSPS) is 10.9. The predicted molar refractivity (Wildman–Crippen MR) is 125 cm³/mol. The number of benzene rings is 2. The van der Waals surface area contributed by atoms with E-state index in [0.717, 1.165) is 26.6 Å². The van der Waals surface area contributed by atoms with Gasteiger partial charge in [0.05, 0.1) is 20.2 Å². The van der Waals surface area contributed by atoms with E-state index < -0.39 is 0 Å². The zero-order valence-corrected chi connectivity index (χ0v) is 19.3. The van der Waals surface area contributed by atoms with Crippen LogP contribution < -0.4 is 10.1 Å². The van der Waals surface area contributed by atoms with Gasteiger partial charge in [-0.2, -0.15) is 0 Å². The van der Waals surface area contributed by atoms with E-state index in [1.54, 1.807) is 49.3 Å². The van der Waals surface area contributed by atoms with Crippen LogP contribution in [0.5, 0.6) is 5.75 Å². The maximum Gasteiger partial charge on any atom is 0.239 e. The van der Waals surface area contributed by atoms with E-state index >= 15 is 0 Å². The molecule has 0 bridgehead atoms. The monoisotopic (exact) mass is 484 g/mol. The van der Waals surface area contributed by atoms with Gasteiger partial charge in [0.2, 0.25) is 11.8 Å². The molecule has 1 heterocycles. The van der Waals surface area contributed by atoms with Gasteiger partial charge in [0.1, 0.15) is 11.6 Å². The summed E-state index contributed by atoms with van der Waals surface area (Å²) in [4.78, 5) is 32.2. The first-order valence-corrected chi connectivity index (χ1v) is 10.5. The highest BCUT2D eigenvalue weighted by Gasteiger charge is 2.15. The summed E-state index contributed by atoms with van der Waals surface area (Å²) in [6.45, 7) is 0.723. The largest absolute Gasteiger partial charge is 0.497 e. The number of anilines is 1. The van der Waals surface area contributed by atoms with Gasteiger partial charge >= 0.3 is 0 Å². The number of nitrogens with one attached hydrogen (secondary N) is 1. The Hall–Kier alpha value is -2.97. The fourth-order valence-electron chi connectivity index (χ4n) is 3.15. The third kappa shape index (κ3) is 6.50. The Labute approximate surface area is 190 Å². The molecule has 3 rings (SSSR count). The second-order valence-electron chi connectivity index (χ2n) is 7.38. The van der Waals surface area contributed by atoms with Crippen molar-refractivity contribution in [2.45, 2.75) is 6.54 Å². The number of carbonyl (C=O) groups excluding carboxylic acids is 2. The molecule has 3 aromatic rings. The molecule has 0 fully saturated rings. The Morgan fingerprint density at radius 1 is 1.03 bits per heavy atom. The first kappa shape index (κ1) is 22.7. The molecule has 1 N–H and O–H groups in total. The first-order chi connectivity index (χ1) is 14.8. The molecule has 0 aliphatic carbocycles. The van der Waals surface area contributed by atoms with Crippen molar-refractivity contribution in [1.82, 2.24) is 14.8 Å². The number of nitrogens with zero attached hydrogens (tertiary/aromatic N) is 3. The quantitative estimate of drug-likeness (QED) is 0.529. The summed E-state index contributed by atoms with van der Waals surface area (Å²) >= 11 is 3.30. The zero-order chi connectivity index (χ0) is 22.4. The SMILES string of the molecule is COc1ccc2cc(CN(C)C(=O)CN(C)CC(=O)Nc3ccc(Br)cn3)ccc2c1. The average molecular weight is 485 g/mol. The van der Waals surface area contributed by atoms with Crippen molar-refractivity contribution in [3.05, 3.63) is 64.8 Å². The highest BCUT2D eigenvalue weighted by atomic mass is 79.9. The summed E-state index contributed by atoms with van der Waals surface area (Å²) in [6.07, 6.45) is 1.61. The van der Waals surface area contributed by atoms with Crippen molar-refractivity contribution in [2.24, 2.45) is 0 Å². The van der Waals surface area contributed by atoms with Crippen LogP contribution in [-0.4, -0.2) is 60.9 Å². The lowest BCUT2D eigenvalue weighted by atomic mass is 10.1. The first-order valence-electron chi connectivity index (χ1n) is 9.74. The molecule has 0 aliphatic heterocycles. The fourth-order valence-corrected chi connectivity index (χ4v) is 3.38. The number of hydrogen-bond acceptors (Lipinski definition) is 5. The standard InChI is InChI=1S/C23H25BrN4O3/c1-27(14-22(29)26-21-9-7-19(24)12-25-21)15-23(30)28(2)13-16-4-5-18-11-20(31-3)8-6-17(18)10-16/h4-12H,13-15H2,1-3H3,(H,25,26,29). The number of ether oxygens (including phenoxy) is 1. The number of fused-ring (bicyclic) bond motifs is 1. The van der Waals surface area contributed by atoms with Gasteiger partial charge in [-0.15, -0.1) is 0 Å². The summed E-state index contributed by atoms with van der Waals surface area (Å²) < 4.78 is 6.09. The maximum atomic E-state index is 12.6. The molecule has 2 aromatic carbocycles. The van der Waals surface area contributed by atoms with Gasteiger partial charge in [0.25, 0.3) is 0 Å². The molecule has 0 saturated heterocycles. The smallest absolute Gasteiger partial charge is 0.239 e. The molecule has 0 aliphatic rings. The maximum absolute atomic E-state index is 12.6. The van der Waals surface area contributed by atoms with Crippen molar-refractivity contribution in [1.29, 1.82) is 0 Å². The van der Waals surface area contributed by atoms with E-state index in [1.165, 1.54) is 0 Å². The van der Waals surface area contributed by atoms with Crippen molar-refractivity contribution in [3.8, 4) is 5.75 Å². The van der Waals surface area contributed by atoms with Crippen molar-refractivity contribution < 1.29 is 14.3 Å². The lowest BCUT2D eigenvalue weighted by Crippen LogP contribution is -2.39. The molecule has 7 nitrogen and oxygen atoms in total. The summed E-state index contributed by atoms with van der Waals surface area (Å²) in [5, 5.41) is 4.90. The van der Waals surface area contributed by atoms with E-state index in [2.05, 4.69) is 32.3 Å². The van der Waals surface area contributed by atoms with Crippen LogP contribution in [0.4, 0.5) is 5.82 Å². The number of amides is 2. The van der Waals surface area contributed by atoms with Gasteiger partial charge in [-0.3, -0.25) is 14.5 Å². The summed E-state index contributed by atoms with van der Waals surface area (Å²) in [6, 6.07) is 15.5. The van der Waals surface area contributed by atoms with Crippen LogP contribution in [0.15, 0.2) is 59.2 Å².